The number of nitrogens with one attached hydrogen (secondary N) is 2. The molecule has 0 rings (SSSR count). The maximum atomic E-state index is 11.1. The first-order chi connectivity index (χ1) is 7.31. The van der Waals surface area contributed by atoms with E-state index in [4.69, 9.17) is 0 Å². The lowest BCUT2D eigenvalue weighted by atomic mass is 10.1. The van der Waals surface area contributed by atoms with Gasteiger partial charge in [0.15, 0.2) is 0 Å². The topological polar surface area (TPSA) is 41.1 Å². The lowest BCUT2D eigenvalue weighted by Crippen LogP contribution is -2.35. The summed E-state index contributed by atoms with van der Waals surface area (Å²) in [6.07, 6.45) is 9.16. The van der Waals surface area contributed by atoms with Crippen LogP contribution in [0.1, 0.15) is 45.4 Å². The molecule has 0 aliphatic heterocycles. The van der Waals surface area contributed by atoms with E-state index in [1.54, 1.807) is 6.08 Å². The Morgan fingerprint density at radius 2 is 1.80 bits per heavy atom. The Morgan fingerprint density at radius 1 is 1.13 bits per heavy atom. The molecule has 0 saturated carbocycles. The van der Waals surface area contributed by atoms with Gasteiger partial charge in [-0.25, -0.2) is 4.79 Å². The summed E-state index contributed by atoms with van der Waals surface area (Å²) >= 11 is 0. The summed E-state index contributed by atoms with van der Waals surface area (Å²) in [4.78, 5) is 11.1. The van der Waals surface area contributed by atoms with Gasteiger partial charge in [0.2, 0.25) is 0 Å². The maximum absolute atomic E-state index is 11.1. The molecule has 2 N–H and O–H groups in total. The van der Waals surface area contributed by atoms with Gasteiger partial charge >= 0.3 is 6.03 Å². The van der Waals surface area contributed by atoms with Gasteiger partial charge in [0.1, 0.15) is 0 Å². The van der Waals surface area contributed by atoms with E-state index in [9.17, 15) is 4.79 Å². The highest BCUT2D eigenvalue weighted by Crippen LogP contribution is 2.03. The Hall–Kier alpha value is -0.990. The summed E-state index contributed by atoms with van der Waals surface area (Å²) < 4.78 is 0. The van der Waals surface area contributed by atoms with Crippen molar-refractivity contribution in [2.75, 3.05) is 13.1 Å². The van der Waals surface area contributed by atoms with Gasteiger partial charge in [-0.1, -0.05) is 45.1 Å². The van der Waals surface area contributed by atoms with Crippen LogP contribution in [0.2, 0.25) is 0 Å². The zero-order chi connectivity index (χ0) is 11.4. The quantitative estimate of drug-likeness (QED) is 0.448. The normalized spacial score (nSPS) is 9.67. The average Bonchev–Trinajstić information content (AvgIpc) is 2.25. The van der Waals surface area contributed by atoms with Crippen molar-refractivity contribution in [2.24, 2.45) is 0 Å². The lowest BCUT2D eigenvalue weighted by Gasteiger charge is -2.05. The largest absolute Gasteiger partial charge is 0.338 e. The zero-order valence-corrected chi connectivity index (χ0v) is 9.85. The molecule has 0 aromatic rings. The number of carbonyl (C=O) groups is 1. The molecule has 0 aromatic carbocycles. The monoisotopic (exact) mass is 212 g/mol. The Kier molecular flexibility index (Phi) is 10.4. The Balaban J connectivity index is 3.09. The van der Waals surface area contributed by atoms with Crippen molar-refractivity contribution < 1.29 is 4.79 Å². The number of urea groups is 1. The Morgan fingerprint density at radius 3 is 2.47 bits per heavy atom. The maximum Gasteiger partial charge on any atom is 0.315 e. The van der Waals surface area contributed by atoms with Gasteiger partial charge in [0.05, 0.1) is 0 Å². The summed E-state index contributed by atoms with van der Waals surface area (Å²) in [5.41, 5.74) is 0. The predicted molar refractivity (Wildman–Crippen MR) is 65.0 cm³/mol. The molecule has 0 radical (unpaired) electrons. The third kappa shape index (κ3) is 10.9. The molecule has 0 fully saturated rings. The SMILES string of the molecule is C=CCNC(=O)NCCCCCCCC. The zero-order valence-electron chi connectivity index (χ0n) is 9.85. The summed E-state index contributed by atoms with van der Waals surface area (Å²) in [5, 5.41) is 5.49. The minimum atomic E-state index is -0.0940. The van der Waals surface area contributed by atoms with Gasteiger partial charge in [-0.15, -0.1) is 6.58 Å². The average molecular weight is 212 g/mol. The first kappa shape index (κ1) is 14.0. The first-order valence-electron chi connectivity index (χ1n) is 5.93. The van der Waals surface area contributed by atoms with Crippen LogP contribution < -0.4 is 10.6 Å². The molecule has 0 bridgehead atoms. The van der Waals surface area contributed by atoms with Gasteiger partial charge in [0.25, 0.3) is 0 Å². The Bertz CT molecular complexity index is 169. The van der Waals surface area contributed by atoms with Crippen molar-refractivity contribution in [3.8, 4) is 0 Å². The van der Waals surface area contributed by atoms with Crippen LogP contribution >= 0.6 is 0 Å². The van der Waals surface area contributed by atoms with E-state index >= 15 is 0 Å². The van der Waals surface area contributed by atoms with Gasteiger partial charge < -0.3 is 10.6 Å². The number of hydrogen-bond donors (Lipinski definition) is 2. The molecule has 3 heteroatoms. The first-order valence-corrected chi connectivity index (χ1v) is 5.93. The van der Waals surface area contributed by atoms with E-state index in [-0.39, 0.29) is 6.03 Å². The molecule has 0 aliphatic carbocycles. The van der Waals surface area contributed by atoms with E-state index in [0.717, 1.165) is 13.0 Å². The molecule has 2 amide bonds. The van der Waals surface area contributed by atoms with E-state index in [1.807, 2.05) is 0 Å². The summed E-state index contributed by atoms with van der Waals surface area (Å²) in [7, 11) is 0. The summed E-state index contributed by atoms with van der Waals surface area (Å²) in [6.45, 7) is 7.05. The Labute approximate surface area is 93.3 Å². The minimum Gasteiger partial charge on any atom is -0.338 e. The highest BCUT2D eigenvalue weighted by atomic mass is 16.2. The van der Waals surface area contributed by atoms with Crippen LogP contribution in [0.3, 0.4) is 0 Å². The molecular weight excluding hydrogens is 188 g/mol. The number of hydrogen-bond acceptors (Lipinski definition) is 1. The highest BCUT2D eigenvalue weighted by molar-refractivity contribution is 5.73. The fraction of sp³-hybridized carbons (Fsp3) is 0.750. The van der Waals surface area contributed by atoms with E-state index in [1.165, 1.54) is 32.1 Å². The van der Waals surface area contributed by atoms with E-state index in [0.29, 0.717) is 6.54 Å². The summed E-state index contributed by atoms with van der Waals surface area (Å²) in [6, 6.07) is -0.0940. The van der Waals surface area contributed by atoms with Crippen LogP contribution in [0, 0.1) is 0 Å². The fourth-order valence-corrected chi connectivity index (χ4v) is 1.33. The van der Waals surface area contributed by atoms with Crippen molar-refractivity contribution >= 4 is 6.03 Å². The van der Waals surface area contributed by atoms with Gasteiger partial charge in [-0.2, -0.15) is 0 Å². The van der Waals surface area contributed by atoms with Crippen LogP contribution in [-0.2, 0) is 0 Å². The molecule has 0 spiro atoms. The van der Waals surface area contributed by atoms with Crippen molar-refractivity contribution in [1.82, 2.24) is 10.6 Å². The molecule has 0 aromatic heterocycles. The van der Waals surface area contributed by atoms with Gasteiger partial charge in [-0.3, -0.25) is 0 Å². The second kappa shape index (κ2) is 11.1. The number of rotatable bonds is 9. The molecule has 0 saturated heterocycles. The van der Waals surface area contributed by atoms with Gasteiger partial charge in [0, 0.05) is 13.1 Å². The molecule has 0 aliphatic rings. The van der Waals surface area contributed by atoms with Crippen LogP contribution in [0.5, 0.6) is 0 Å². The number of amides is 2. The van der Waals surface area contributed by atoms with Crippen molar-refractivity contribution in [1.29, 1.82) is 0 Å². The minimum absolute atomic E-state index is 0.0940. The molecule has 3 nitrogen and oxygen atoms in total. The molecule has 0 unspecified atom stereocenters. The van der Waals surface area contributed by atoms with E-state index in [2.05, 4.69) is 24.1 Å². The van der Waals surface area contributed by atoms with Crippen LogP contribution in [-0.4, -0.2) is 19.1 Å². The third-order valence-corrected chi connectivity index (χ3v) is 2.22. The number of carbonyl (C=O) groups excluding carboxylic acids is 1. The lowest BCUT2D eigenvalue weighted by molar-refractivity contribution is 0.241. The van der Waals surface area contributed by atoms with E-state index < -0.39 is 0 Å². The second-order valence-corrected chi connectivity index (χ2v) is 3.69. The van der Waals surface area contributed by atoms with Crippen molar-refractivity contribution in [2.45, 2.75) is 45.4 Å². The number of unbranched alkanes of at least 4 members (excludes halogenated alkanes) is 5. The smallest absolute Gasteiger partial charge is 0.315 e. The van der Waals surface area contributed by atoms with Gasteiger partial charge in [-0.05, 0) is 6.42 Å². The second-order valence-electron chi connectivity index (χ2n) is 3.69. The van der Waals surface area contributed by atoms with Crippen molar-refractivity contribution in [3.63, 3.8) is 0 Å². The van der Waals surface area contributed by atoms with Crippen LogP contribution in [0.25, 0.3) is 0 Å². The third-order valence-electron chi connectivity index (χ3n) is 2.22. The standard InChI is InChI=1S/C12H24N2O/c1-3-5-6-7-8-9-11-14-12(15)13-10-4-2/h4H,2-3,5-11H2,1H3,(H2,13,14,15). The molecule has 0 heterocycles. The molecular formula is C12H24N2O. The summed E-state index contributed by atoms with van der Waals surface area (Å²) in [5.74, 6) is 0. The predicted octanol–water partition coefficient (Wildman–Crippen LogP) is 2.83. The molecule has 0 atom stereocenters. The van der Waals surface area contributed by atoms with Crippen LogP contribution in [0.15, 0.2) is 12.7 Å². The fourth-order valence-electron chi connectivity index (χ4n) is 1.33. The molecule has 88 valence electrons. The molecule has 15 heavy (non-hydrogen) atoms. The highest BCUT2D eigenvalue weighted by Gasteiger charge is 1.96. The van der Waals surface area contributed by atoms with Crippen LogP contribution in [0.4, 0.5) is 4.79 Å². The van der Waals surface area contributed by atoms with Crippen molar-refractivity contribution in [3.05, 3.63) is 12.7 Å².